The molecule has 0 unspecified atom stereocenters. The fourth-order valence-corrected chi connectivity index (χ4v) is 3.80. The lowest BCUT2D eigenvalue weighted by molar-refractivity contribution is -0.133. The van der Waals surface area contributed by atoms with E-state index in [2.05, 4.69) is 39.9 Å². The summed E-state index contributed by atoms with van der Waals surface area (Å²) in [7, 11) is 0. The summed E-state index contributed by atoms with van der Waals surface area (Å²) in [4.78, 5) is 28.7. The Morgan fingerprint density at radius 2 is 1.87 bits per heavy atom. The van der Waals surface area contributed by atoms with E-state index in [1.54, 1.807) is 9.58 Å². The Bertz CT molecular complexity index is 953. The molecule has 3 rings (SSSR count). The van der Waals surface area contributed by atoms with Crippen molar-refractivity contribution >= 4 is 11.8 Å². The molecule has 2 aromatic rings. The Balaban J connectivity index is 1.98. The number of carbonyl (C=O) groups excluding carboxylic acids is 2. The van der Waals surface area contributed by atoms with Gasteiger partial charge in [0.05, 0.1) is 12.2 Å². The molecule has 168 valence electrons. The highest BCUT2D eigenvalue weighted by Gasteiger charge is 2.48. The number of aromatic nitrogens is 2. The minimum absolute atomic E-state index is 0.132. The Kier molecular flexibility index (Phi) is 6.30. The molecule has 31 heavy (non-hydrogen) atoms. The normalized spacial score (nSPS) is 19.0. The molecule has 1 aromatic heterocycles. The molecule has 0 fully saturated rings. The van der Waals surface area contributed by atoms with E-state index in [9.17, 15) is 9.59 Å². The van der Waals surface area contributed by atoms with Gasteiger partial charge in [0.25, 0.3) is 5.91 Å². The van der Waals surface area contributed by atoms with Gasteiger partial charge < -0.3 is 10.2 Å². The molecule has 2 amide bonds. The molecular weight excluding hydrogens is 388 g/mol. The Morgan fingerprint density at radius 3 is 2.45 bits per heavy atom. The molecule has 0 saturated carbocycles. The molecule has 6 nitrogen and oxygen atoms in total. The number of fused-ring (bicyclic) bond motifs is 1. The summed E-state index contributed by atoms with van der Waals surface area (Å²) in [5.74, 6) is 0.209. The number of rotatable bonds is 6. The lowest BCUT2D eigenvalue weighted by Crippen LogP contribution is -2.63. The molecule has 1 aliphatic rings. The van der Waals surface area contributed by atoms with E-state index in [0.29, 0.717) is 31.2 Å². The number of nitrogens with one attached hydrogen (secondary N) is 1. The van der Waals surface area contributed by atoms with Crippen molar-refractivity contribution in [3.63, 3.8) is 0 Å². The first-order valence-electron chi connectivity index (χ1n) is 11.2. The van der Waals surface area contributed by atoms with Crippen LogP contribution in [0, 0.1) is 12.8 Å². The second-order valence-electron chi connectivity index (χ2n) is 10.4. The third-order valence-corrected chi connectivity index (χ3v) is 6.02. The quantitative estimate of drug-likeness (QED) is 0.760. The average Bonchev–Trinajstić information content (AvgIpc) is 3.10. The highest BCUT2D eigenvalue weighted by molar-refractivity contribution is 5.99. The monoisotopic (exact) mass is 424 g/mol. The van der Waals surface area contributed by atoms with Crippen molar-refractivity contribution in [2.75, 3.05) is 6.54 Å². The Hall–Kier alpha value is -2.63. The number of benzene rings is 1. The average molecular weight is 425 g/mol. The third kappa shape index (κ3) is 4.83. The minimum Gasteiger partial charge on any atom is -0.354 e. The molecule has 0 aliphatic carbocycles. The van der Waals surface area contributed by atoms with Crippen LogP contribution in [0.25, 0.3) is 0 Å². The molecule has 0 spiro atoms. The van der Waals surface area contributed by atoms with Crippen LogP contribution in [0.3, 0.4) is 0 Å². The van der Waals surface area contributed by atoms with Crippen LogP contribution in [-0.2, 0) is 23.3 Å². The topological polar surface area (TPSA) is 67.2 Å². The Morgan fingerprint density at radius 1 is 1.23 bits per heavy atom. The van der Waals surface area contributed by atoms with E-state index >= 15 is 0 Å². The molecule has 1 N–H and O–H groups in total. The molecular formula is C25H36N4O2. The summed E-state index contributed by atoms with van der Waals surface area (Å²) >= 11 is 0. The van der Waals surface area contributed by atoms with Crippen molar-refractivity contribution < 1.29 is 9.59 Å². The summed E-state index contributed by atoms with van der Waals surface area (Å²) < 4.78 is 1.72. The summed E-state index contributed by atoms with van der Waals surface area (Å²) in [6.45, 7) is 15.7. The van der Waals surface area contributed by atoms with Gasteiger partial charge in [0, 0.05) is 18.5 Å². The van der Waals surface area contributed by atoms with Gasteiger partial charge in [-0.2, -0.15) is 5.10 Å². The molecule has 1 aromatic carbocycles. The summed E-state index contributed by atoms with van der Waals surface area (Å²) in [5, 5.41) is 7.76. The summed E-state index contributed by atoms with van der Waals surface area (Å²) in [6, 6.07) is 9.98. The first-order chi connectivity index (χ1) is 14.4. The number of hydrogen-bond acceptors (Lipinski definition) is 3. The van der Waals surface area contributed by atoms with E-state index < -0.39 is 5.54 Å². The van der Waals surface area contributed by atoms with Crippen LogP contribution in [0.5, 0.6) is 0 Å². The van der Waals surface area contributed by atoms with Gasteiger partial charge in [-0.25, -0.2) is 0 Å². The zero-order valence-electron chi connectivity index (χ0n) is 20.0. The lowest BCUT2D eigenvalue weighted by Gasteiger charge is -2.43. The van der Waals surface area contributed by atoms with Crippen LogP contribution in [0.4, 0.5) is 0 Å². The second kappa shape index (κ2) is 8.48. The summed E-state index contributed by atoms with van der Waals surface area (Å²) in [6.07, 6.45) is 0.898. The van der Waals surface area contributed by atoms with Crippen LogP contribution in [0.1, 0.15) is 75.3 Å². The predicted octanol–water partition coefficient (Wildman–Crippen LogP) is 4.07. The first-order valence-corrected chi connectivity index (χ1v) is 11.2. The Labute approximate surface area is 186 Å². The van der Waals surface area contributed by atoms with E-state index in [0.717, 1.165) is 23.2 Å². The number of nitrogens with zero attached hydrogens (tertiary/aromatic N) is 3. The maximum absolute atomic E-state index is 13.6. The fraction of sp³-hybridized carbons (Fsp3) is 0.560. The molecule has 0 bridgehead atoms. The van der Waals surface area contributed by atoms with E-state index in [1.165, 1.54) is 0 Å². The van der Waals surface area contributed by atoms with Crippen molar-refractivity contribution in [3.05, 3.63) is 52.8 Å². The molecule has 6 heteroatoms. The molecule has 0 saturated heterocycles. The van der Waals surface area contributed by atoms with Gasteiger partial charge >= 0.3 is 0 Å². The van der Waals surface area contributed by atoms with Crippen LogP contribution >= 0.6 is 0 Å². The van der Waals surface area contributed by atoms with Gasteiger partial charge in [-0.1, -0.05) is 64.4 Å². The third-order valence-electron chi connectivity index (χ3n) is 6.02. The zero-order valence-corrected chi connectivity index (χ0v) is 20.0. The van der Waals surface area contributed by atoms with Crippen molar-refractivity contribution in [2.45, 2.75) is 78.9 Å². The fourth-order valence-electron chi connectivity index (χ4n) is 3.80. The van der Waals surface area contributed by atoms with Crippen LogP contribution < -0.4 is 5.32 Å². The van der Waals surface area contributed by atoms with Crippen molar-refractivity contribution in [3.8, 4) is 0 Å². The van der Waals surface area contributed by atoms with Gasteiger partial charge in [-0.3, -0.25) is 14.3 Å². The largest absolute Gasteiger partial charge is 0.354 e. The minimum atomic E-state index is -1.02. The van der Waals surface area contributed by atoms with Gasteiger partial charge in [0.15, 0.2) is 0 Å². The van der Waals surface area contributed by atoms with Gasteiger partial charge in [0.2, 0.25) is 5.91 Å². The molecule has 1 aliphatic heterocycles. The lowest BCUT2D eigenvalue weighted by atomic mass is 9.91. The van der Waals surface area contributed by atoms with E-state index in [4.69, 9.17) is 5.10 Å². The molecule has 2 heterocycles. The van der Waals surface area contributed by atoms with Crippen molar-refractivity contribution in [1.29, 1.82) is 0 Å². The van der Waals surface area contributed by atoms with Gasteiger partial charge in [-0.05, 0) is 37.8 Å². The maximum Gasteiger partial charge on any atom is 0.273 e. The van der Waals surface area contributed by atoms with Gasteiger partial charge in [-0.15, -0.1) is 0 Å². The predicted molar refractivity (Wildman–Crippen MR) is 123 cm³/mol. The maximum atomic E-state index is 13.6. The first kappa shape index (κ1) is 23.0. The van der Waals surface area contributed by atoms with Crippen molar-refractivity contribution in [2.24, 2.45) is 5.92 Å². The van der Waals surface area contributed by atoms with Gasteiger partial charge in [0.1, 0.15) is 11.2 Å². The standard InChI is InChI=1S/C25H36N4O2/c1-17(2)12-13-26-23(31)25(7)16-29-20(14-21(27-29)24(4,5)6)22(30)28(25)15-19-10-8-18(3)9-11-19/h8-11,14,17H,12-13,15-16H2,1-7H3,(H,26,31)/t25-/m0/s1. The summed E-state index contributed by atoms with van der Waals surface area (Å²) in [5.41, 5.74) is 2.37. The van der Waals surface area contributed by atoms with Crippen LogP contribution in [0.2, 0.25) is 0 Å². The van der Waals surface area contributed by atoms with E-state index in [1.807, 2.05) is 44.2 Å². The van der Waals surface area contributed by atoms with E-state index in [-0.39, 0.29) is 17.2 Å². The highest BCUT2D eigenvalue weighted by atomic mass is 16.2. The number of aryl methyl sites for hydroxylation is 1. The number of amides is 2. The number of hydrogen-bond donors (Lipinski definition) is 1. The van der Waals surface area contributed by atoms with Crippen molar-refractivity contribution in [1.82, 2.24) is 20.0 Å². The second-order valence-corrected chi connectivity index (χ2v) is 10.4. The SMILES string of the molecule is Cc1ccc(CN2C(=O)c3cc(C(C)(C)C)nn3C[C@@]2(C)C(=O)NCCC(C)C)cc1. The smallest absolute Gasteiger partial charge is 0.273 e. The highest BCUT2D eigenvalue weighted by Crippen LogP contribution is 2.32. The molecule has 1 atom stereocenters. The number of carbonyl (C=O) groups is 2. The molecule has 0 radical (unpaired) electrons. The zero-order chi connectivity index (χ0) is 23.0. The van der Waals surface area contributed by atoms with Crippen LogP contribution in [0.15, 0.2) is 30.3 Å². The van der Waals surface area contributed by atoms with Crippen LogP contribution in [-0.4, -0.2) is 38.6 Å².